The molecule has 116 valence electrons. The maximum absolute atomic E-state index is 12.4. The molecule has 2 heterocycles. The molecule has 0 aliphatic carbocycles. The summed E-state index contributed by atoms with van der Waals surface area (Å²) in [6.07, 6.45) is 4.25. The SMILES string of the molecule is Cc1cccc(CC(=O)N2CCN(c3nccn3C)CC2)c1. The van der Waals surface area contributed by atoms with E-state index in [1.165, 1.54) is 5.56 Å². The van der Waals surface area contributed by atoms with Crippen LogP contribution in [0.1, 0.15) is 11.1 Å². The molecule has 0 N–H and O–H groups in total. The Morgan fingerprint density at radius 3 is 2.64 bits per heavy atom. The highest BCUT2D eigenvalue weighted by molar-refractivity contribution is 5.79. The molecule has 5 nitrogen and oxygen atoms in total. The summed E-state index contributed by atoms with van der Waals surface area (Å²) in [6.45, 7) is 5.25. The molecule has 2 aromatic rings. The zero-order valence-electron chi connectivity index (χ0n) is 13.2. The minimum Gasteiger partial charge on any atom is -0.339 e. The highest BCUT2D eigenvalue weighted by atomic mass is 16.2. The Morgan fingerprint density at radius 1 is 1.23 bits per heavy atom. The number of imidazole rings is 1. The van der Waals surface area contributed by atoms with Gasteiger partial charge in [-0.25, -0.2) is 4.98 Å². The molecular formula is C17H22N4O. The molecule has 1 fully saturated rings. The van der Waals surface area contributed by atoms with Gasteiger partial charge < -0.3 is 14.4 Å². The van der Waals surface area contributed by atoms with Crippen LogP contribution in [0.4, 0.5) is 5.95 Å². The Bertz CT molecular complexity index is 656. The molecule has 0 radical (unpaired) electrons. The minimum atomic E-state index is 0.213. The summed E-state index contributed by atoms with van der Waals surface area (Å²) in [4.78, 5) is 21.0. The van der Waals surface area contributed by atoms with Gasteiger partial charge in [-0.3, -0.25) is 4.79 Å². The molecule has 1 aromatic heterocycles. The first-order chi connectivity index (χ1) is 10.6. The van der Waals surface area contributed by atoms with E-state index in [9.17, 15) is 4.79 Å². The van der Waals surface area contributed by atoms with Crippen molar-refractivity contribution in [3.63, 3.8) is 0 Å². The molecule has 1 saturated heterocycles. The highest BCUT2D eigenvalue weighted by Crippen LogP contribution is 2.14. The van der Waals surface area contributed by atoms with Crippen molar-refractivity contribution in [2.24, 2.45) is 7.05 Å². The van der Waals surface area contributed by atoms with Gasteiger partial charge in [0, 0.05) is 45.6 Å². The Kier molecular flexibility index (Phi) is 4.13. The van der Waals surface area contributed by atoms with Crippen molar-refractivity contribution in [3.8, 4) is 0 Å². The number of hydrogen-bond donors (Lipinski definition) is 0. The Morgan fingerprint density at radius 2 is 2.00 bits per heavy atom. The number of benzene rings is 1. The average Bonchev–Trinajstić information content (AvgIpc) is 2.93. The van der Waals surface area contributed by atoms with Crippen molar-refractivity contribution < 1.29 is 4.79 Å². The zero-order valence-corrected chi connectivity index (χ0v) is 13.2. The number of piperazine rings is 1. The fourth-order valence-electron chi connectivity index (χ4n) is 2.93. The lowest BCUT2D eigenvalue weighted by Crippen LogP contribution is -2.49. The molecule has 1 amide bonds. The van der Waals surface area contributed by atoms with Crippen LogP contribution < -0.4 is 4.90 Å². The lowest BCUT2D eigenvalue weighted by Gasteiger charge is -2.35. The van der Waals surface area contributed by atoms with Crippen LogP contribution in [0.5, 0.6) is 0 Å². The molecule has 0 bridgehead atoms. The van der Waals surface area contributed by atoms with E-state index in [1.54, 1.807) is 0 Å². The van der Waals surface area contributed by atoms with Crippen LogP contribution in [-0.4, -0.2) is 46.5 Å². The predicted molar refractivity (Wildman–Crippen MR) is 86.9 cm³/mol. The van der Waals surface area contributed by atoms with Crippen molar-refractivity contribution in [1.29, 1.82) is 0 Å². The fourth-order valence-corrected chi connectivity index (χ4v) is 2.93. The second-order valence-electron chi connectivity index (χ2n) is 5.87. The molecule has 0 unspecified atom stereocenters. The van der Waals surface area contributed by atoms with Gasteiger partial charge in [0.2, 0.25) is 11.9 Å². The van der Waals surface area contributed by atoms with Crippen LogP contribution >= 0.6 is 0 Å². The van der Waals surface area contributed by atoms with Gasteiger partial charge in [0.25, 0.3) is 0 Å². The first kappa shape index (κ1) is 14.6. The average molecular weight is 298 g/mol. The third-order valence-electron chi connectivity index (χ3n) is 4.15. The molecule has 5 heteroatoms. The molecule has 1 aromatic carbocycles. The first-order valence-corrected chi connectivity index (χ1v) is 7.69. The smallest absolute Gasteiger partial charge is 0.227 e. The van der Waals surface area contributed by atoms with Crippen LogP contribution in [0, 0.1) is 6.92 Å². The van der Waals surface area contributed by atoms with Crippen molar-refractivity contribution >= 4 is 11.9 Å². The Hall–Kier alpha value is -2.30. The van der Waals surface area contributed by atoms with Crippen molar-refractivity contribution in [2.75, 3.05) is 31.1 Å². The summed E-state index contributed by atoms with van der Waals surface area (Å²) in [6, 6.07) is 8.17. The van der Waals surface area contributed by atoms with E-state index >= 15 is 0 Å². The molecule has 0 spiro atoms. The zero-order chi connectivity index (χ0) is 15.5. The molecule has 3 rings (SSSR count). The van der Waals surface area contributed by atoms with Crippen molar-refractivity contribution in [3.05, 3.63) is 47.8 Å². The maximum Gasteiger partial charge on any atom is 0.227 e. The number of rotatable bonds is 3. The van der Waals surface area contributed by atoms with E-state index in [-0.39, 0.29) is 5.91 Å². The summed E-state index contributed by atoms with van der Waals surface area (Å²) < 4.78 is 2.02. The summed E-state index contributed by atoms with van der Waals surface area (Å²) in [5.74, 6) is 1.19. The van der Waals surface area contributed by atoms with Gasteiger partial charge in [0.15, 0.2) is 0 Å². The molecule has 1 aliphatic rings. The van der Waals surface area contributed by atoms with Gasteiger partial charge in [-0.05, 0) is 12.5 Å². The number of anilines is 1. The van der Waals surface area contributed by atoms with E-state index in [1.807, 2.05) is 41.0 Å². The van der Waals surface area contributed by atoms with Crippen LogP contribution in [0.25, 0.3) is 0 Å². The summed E-state index contributed by atoms with van der Waals surface area (Å²) in [5, 5.41) is 0. The Labute approximate surface area is 131 Å². The third-order valence-corrected chi connectivity index (χ3v) is 4.15. The molecule has 22 heavy (non-hydrogen) atoms. The van der Waals surface area contributed by atoms with Gasteiger partial charge in [0.1, 0.15) is 0 Å². The fraction of sp³-hybridized carbons (Fsp3) is 0.412. The van der Waals surface area contributed by atoms with Gasteiger partial charge >= 0.3 is 0 Å². The maximum atomic E-state index is 12.4. The molecule has 1 aliphatic heterocycles. The third kappa shape index (κ3) is 3.13. The normalized spacial score (nSPS) is 15.2. The quantitative estimate of drug-likeness (QED) is 0.864. The summed E-state index contributed by atoms with van der Waals surface area (Å²) >= 11 is 0. The van der Waals surface area contributed by atoms with E-state index in [0.29, 0.717) is 6.42 Å². The number of carbonyl (C=O) groups is 1. The summed E-state index contributed by atoms with van der Waals surface area (Å²) in [5.41, 5.74) is 2.29. The number of nitrogens with zero attached hydrogens (tertiary/aromatic N) is 4. The first-order valence-electron chi connectivity index (χ1n) is 7.69. The largest absolute Gasteiger partial charge is 0.339 e. The second kappa shape index (κ2) is 6.22. The van der Waals surface area contributed by atoms with Crippen molar-refractivity contribution in [1.82, 2.24) is 14.5 Å². The highest BCUT2D eigenvalue weighted by Gasteiger charge is 2.22. The number of aryl methyl sites for hydroxylation is 2. The van der Waals surface area contributed by atoms with Crippen LogP contribution in [0.2, 0.25) is 0 Å². The lowest BCUT2D eigenvalue weighted by atomic mass is 10.1. The summed E-state index contributed by atoms with van der Waals surface area (Å²) in [7, 11) is 2.00. The van der Waals surface area contributed by atoms with Gasteiger partial charge in [0.05, 0.1) is 6.42 Å². The lowest BCUT2D eigenvalue weighted by molar-refractivity contribution is -0.130. The van der Waals surface area contributed by atoms with Crippen LogP contribution in [0.15, 0.2) is 36.7 Å². The standard InChI is InChI=1S/C17H22N4O/c1-14-4-3-5-15(12-14)13-16(22)20-8-10-21(11-9-20)17-18-6-7-19(17)2/h3-7,12H,8-11,13H2,1-2H3. The van der Waals surface area contributed by atoms with Gasteiger partial charge in [-0.2, -0.15) is 0 Å². The van der Waals surface area contributed by atoms with Gasteiger partial charge in [-0.1, -0.05) is 29.8 Å². The molecule has 0 atom stereocenters. The number of aromatic nitrogens is 2. The van der Waals surface area contributed by atoms with Crippen molar-refractivity contribution in [2.45, 2.75) is 13.3 Å². The predicted octanol–water partition coefficient (Wildman–Crippen LogP) is 1.62. The minimum absolute atomic E-state index is 0.213. The number of carbonyl (C=O) groups excluding carboxylic acids is 1. The Balaban J connectivity index is 1.57. The van der Waals surface area contributed by atoms with E-state index < -0.39 is 0 Å². The van der Waals surface area contributed by atoms with Crippen LogP contribution in [-0.2, 0) is 18.3 Å². The van der Waals surface area contributed by atoms with E-state index in [2.05, 4.69) is 28.9 Å². The number of amides is 1. The molecular weight excluding hydrogens is 276 g/mol. The van der Waals surface area contributed by atoms with Gasteiger partial charge in [-0.15, -0.1) is 0 Å². The molecule has 0 saturated carbocycles. The van der Waals surface area contributed by atoms with Crippen LogP contribution in [0.3, 0.4) is 0 Å². The second-order valence-corrected chi connectivity index (χ2v) is 5.87. The van der Waals surface area contributed by atoms with E-state index in [0.717, 1.165) is 37.7 Å². The van der Waals surface area contributed by atoms with E-state index in [4.69, 9.17) is 0 Å². The topological polar surface area (TPSA) is 41.4 Å². The number of hydrogen-bond acceptors (Lipinski definition) is 3. The monoisotopic (exact) mass is 298 g/mol.